The van der Waals surface area contributed by atoms with Crippen molar-refractivity contribution in [2.24, 2.45) is 0 Å². The van der Waals surface area contributed by atoms with Crippen molar-refractivity contribution in [2.45, 2.75) is 0 Å². The molecule has 0 saturated carbocycles. The average Bonchev–Trinajstić information content (AvgIpc) is 3.26. The van der Waals surface area contributed by atoms with E-state index in [1.54, 1.807) is 25.4 Å². The molecule has 0 aliphatic carbocycles. The number of carbonyl (C=O) groups is 1. The second-order valence-electron chi connectivity index (χ2n) is 6.92. The SMILES string of the molecule is COc1ccc(-c2sc3nc(OCS)ncc3c2C(=O)c2cc(OC)c(OC)c(OC)c2)cc1. The number of fused-ring (bicyclic) bond motifs is 1. The smallest absolute Gasteiger partial charge is 0.318 e. The highest BCUT2D eigenvalue weighted by molar-refractivity contribution is 7.80. The summed E-state index contributed by atoms with van der Waals surface area (Å²) in [6, 6.07) is 10.9. The molecule has 0 bridgehead atoms. The van der Waals surface area contributed by atoms with E-state index in [-0.39, 0.29) is 17.7 Å². The van der Waals surface area contributed by atoms with E-state index in [0.717, 1.165) is 10.4 Å². The molecule has 8 nitrogen and oxygen atoms in total. The minimum Gasteiger partial charge on any atom is -0.497 e. The number of rotatable bonds is 9. The summed E-state index contributed by atoms with van der Waals surface area (Å²) in [5, 5.41) is 0.612. The van der Waals surface area contributed by atoms with Crippen molar-refractivity contribution in [1.82, 2.24) is 9.97 Å². The molecule has 0 radical (unpaired) electrons. The number of carbonyl (C=O) groups excluding carboxylic acids is 1. The average molecular weight is 499 g/mol. The van der Waals surface area contributed by atoms with Crippen LogP contribution in [0.5, 0.6) is 29.0 Å². The van der Waals surface area contributed by atoms with E-state index in [9.17, 15) is 4.79 Å². The minimum absolute atomic E-state index is 0.138. The first-order valence-electron chi connectivity index (χ1n) is 10.1. The lowest BCUT2D eigenvalue weighted by Gasteiger charge is -2.14. The Morgan fingerprint density at radius 3 is 2.21 bits per heavy atom. The maximum atomic E-state index is 13.9. The highest BCUT2D eigenvalue weighted by atomic mass is 32.1. The number of benzene rings is 2. The lowest BCUT2D eigenvalue weighted by molar-refractivity contribution is 0.104. The van der Waals surface area contributed by atoms with Crippen LogP contribution < -0.4 is 23.7 Å². The van der Waals surface area contributed by atoms with Gasteiger partial charge in [-0.15, -0.1) is 24.0 Å². The third-order valence-electron chi connectivity index (χ3n) is 5.13. The number of hydrogen-bond donors (Lipinski definition) is 1. The van der Waals surface area contributed by atoms with E-state index >= 15 is 0 Å². The van der Waals surface area contributed by atoms with Crippen LogP contribution >= 0.6 is 24.0 Å². The van der Waals surface area contributed by atoms with Gasteiger partial charge in [-0.1, -0.05) is 0 Å². The van der Waals surface area contributed by atoms with Crippen LogP contribution in [0.2, 0.25) is 0 Å². The molecule has 4 aromatic rings. The summed E-state index contributed by atoms with van der Waals surface area (Å²) in [5.41, 5.74) is 1.69. The van der Waals surface area contributed by atoms with E-state index < -0.39 is 0 Å². The number of ether oxygens (including phenoxy) is 5. The fourth-order valence-corrected chi connectivity index (χ4v) is 4.78. The van der Waals surface area contributed by atoms with E-state index in [1.165, 1.54) is 32.7 Å². The molecule has 176 valence electrons. The first-order valence-corrected chi connectivity index (χ1v) is 11.5. The molecule has 10 heteroatoms. The van der Waals surface area contributed by atoms with Gasteiger partial charge in [0.2, 0.25) is 5.75 Å². The predicted octanol–water partition coefficient (Wildman–Crippen LogP) is 4.89. The van der Waals surface area contributed by atoms with Gasteiger partial charge in [0.15, 0.2) is 17.3 Å². The monoisotopic (exact) mass is 498 g/mol. The first-order chi connectivity index (χ1) is 16.5. The third kappa shape index (κ3) is 4.34. The summed E-state index contributed by atoms with van der Waals surface area (Å²) in [6.45, 7) is 0. The molecular weight excluding hydrogens is 476 g/mol. The lowest BCUT2D eigenvalue weighted by Crippen LogP contribution is -2.05. The van der Waals surface area contributed by atoms with Gasteiger partial charge >= 0.3 is 6.01 Å². The Hall–Kier alpha value is -3.50. The van der Waals surface area contributed by atoms with Crippen LogP contribution in [0.25, 0.3) is 20.7 Å². The first kappa shape index (κ1) is 23.7. The van der Waals surface area contributed by atoms with Gasteiger partial charge in [-0.3, -0.25) is 4.79 Å². The van der Waals surface area contributed by atoms with Gasteiger partial charge in [-0.2, -0.15) is 4.98 Å². The zero-order chi connectivity index (χ0) is 24.2. The molecular formula is C24H22N2O6S2. The van der Waals surface area contributed by atoms with Crippen molar-refractivity contribution in [3.63, 3.8) is 0 Å². The van der Waals surface area contributed by atoms with Crippen LogP contribution in [0.4, 0.5) is 0 Å². The number of methoxy groups -OCH3 is 4. The molecule has 0 aliphatic heterocycles. The molecule has 0 saturated heterocycles. The molecule has 0 fully saturated rings. The summed E-state index contributed by atoms with van der Waals surface area (Å²) in [5.74, 6) is 1.80. The van der Waals surface area contributed by atoms with Crippen LogP contribution in [-0.4, -0.2) is 50.1 Å². The van der Waals surface area contributed by atoms with E-state index in [4.69, 9.17) is 23.7 Å². The van der Waals surface area contributed by atoms with E-state index in [0.29, 0.717) is 44.3 Å². The van der Waals surface area contributed by atoms with Gasteiger partial charge in [0.1, 0.15) is 16.5 Å². The number of nitrogens with zero attached hydrogens (tertiary/aromatic N) is 2. The Kier molecular flexibility index (Phi) is 7.09. The van der Waals surface area contributed by atoms with Crippen LogP contribution in [0.3, 0.4) is 0 Å². The molecule has 2 aromatic carbocycles. The number of thiol groups is 1. The number of aromatic nitrogens is 2. The molecule has 2 aromatic heterocycles. The normalized spacial score (nSPS) is 10.7. The summed E-state index contributed by atoms with van der Waals surface area (Å²) >= 11 is 5.44. The molecule has 0 atom stereocenters. The van der Waals surface area contributed by atoms with E-state index in [2.05, 4.69) is 22.6 Å². The highest BCUT2D eigenvalue weighted by Crippen LogP contribution is 2.43. The van der Waals surface area contributed by atoms with E-state index in [1.807, 2.05) is 24.3 Å². The molecule has 0 aliphatic rings. The van der Waals surface area contributed by atoms with Gasteiger partial charge in [0, 0.05) is 22.0 Å². The minimum atomic E-state index is -0.234. The van der Waals surface area contributed by atoms with Gasteiger partial charge in [0.05, 0.1) is 34.0 Å². The Morgan fingerprint density at radius 2 is 1.65 bits per heavy atom. The largest absolute Gasteiger partial charge is 0.497 e. The number of thiophene rings is 1. The highest BCUT2D eigenvalue weighted by Gasteiger charge is 2.25. The second kappa shape index (κ2) is 10.2. The third-order valence-corrected chi connectivity index (χ3v) is 6.40. The van der Waals surface area contributed by atoms with Crippen LogP contribution in [0, 0.1) is 0 Å². The molecule has 2 heterocycles. The van der Waals surface area contributed by atoms with Crippen molar-refractivity contribution >= 4 is 40.0 Å². The second-order valence-corrected chi connectivity index (χ2v) is 8.18. The quantitative estimate of drug-likeness (QED) is 0.198. The Labute approximate surface area is 205 Å². The number of ketones is 1. The van der Waals surface area contributed by atoms with Crippen LogP contribution in [0.15, 0.2) is 42.6 Å². The summed E-state index contributed by atoms with van der Waals surface area (Å²) in [7, 11) is 6.13. The van der Waals surface area contributed by atoms with Crippen LogP contribution in [-0.2, 0) is 0 Å². The molecule has 34 heavy (non-hydrogen) atoms. The number of hydrogen-bond acceptors (Lipinski definition) is 10. The van der Waals surface area contributed by atoms with Crippen molar-refractivity contribution in [3.8, 4) is 39.4 Å². The maximum Gasteiger partial charge on any atom is 0.318 e. The molecule has 0 unspecified atom stereocenters. The molecule has 0 spiro atoms. The van der Waals surface area contributed by atoms with Gasteiger partial charge in [0.25, 0.3) is 0 Å². The predicted molar refractivity (Wildman–Crippen MR) is 133 cm³/mol. The van der Waals surface area contributed by atoms with Gasteiger partial charge in [-0.05, 0) is 42.0 Å². The fraction of sp³-hybridized carbons (Fsp3) is 0.208. The molecule has 0 N–H and O–H groups in total. The van der Waals surface area contributed by atoms with Crippen molar-refractivity contribution in [3.05, 3.63) is 53.7 Å². The van der Waals surface area contributed by atoms with Gasteiger partial charge in [-0.25, -0.2) is 4.98 Å². The van der Waals surface area contributed by atoms with Crippen molar-refractivity contribution < 1.29 is 28.5 Å². The van der Waals surface area contributed by atoms with Crippen molar-refractivity contribution in [2.75, 3.05) is 34.4 Å². The zero-order valence-electron chi connectivity index (χ0n) is 18.9. The standard InChI is InChI=1S/C24H22N2O6S2/c1-28-15-7-5-13(6-8-15)22-19(16-11-25-24(32-12-33)26-23(16)34-22)20(27)14-9-17(29-2)21(31-4)18(10-14)30-3/h5-11,33H,12H2,1-4H3. The van der Waals surface area contributed by atoms with Crippen molar-refractivity contribution in [1.29, 1.82) is 0 Å². The summed E-state index contributed by atoms with van der Waals surface area (Å²) in [4.78, 5) is 24.0. The summed E-state index contributed by atoms with van der Waals surface area (Å²) in [6.07, 6.45) is 1.59. The zero-order valence-corrected chi connectivity index (χ0v) is 20.7. The van der Waals surface area contributed by atoms with Crippen LogP contribution in [0.1, 0.15) is 15.9 Å². The lowest BCUT2D eigenvalue weighted by atomic mass is 9.98. The fourth-order valence-electron chi connectivity index (χ4n) is 3.53. The Balaban J connectivity index is 1.93. The van der Waals surface area contributed by atoms with Gasteiger partial charge < -0.3 is 23.7 Å². The maximum absolute atomic E-state index is 13.9. The molecule has 0 amide bonds. The summed E-state index contributed by atoms with van der Waals surface area (Å²) < 4.78 is 26.9. The Bertz CT molecular complexity index is 1310. The Morgan fingerprint density at radius 1 is 0.971 bits per heavy atom. The topological polar surface area (TPSA) is 89.0 Å². The molecule has 4 rings (SSSR count).